The Hall–Kier alpha value is -1.43. The van der Waals surface area contributed by atoms with Crippen LogP contribution in [0.2, 0.25) is 0 Å². The van der Waals surface area contributed by atoms with E-state index in [4.69, 9.17) is 9.26 Å². The van der Waals surface area contributed by atoms with Crippen molar-refractivity contribution in [2.45, 2.75) is 58.5 Å². The zero-order valence-electron chi connectivity index (χ0n) is 11.9. The molecule has 1 heterocycles. The van der Waals surface area contributed by atoms with Gasteiger partial charge >= 0.3 is 5.97 Å². The first-order valence-electron chi connectivity index (χ1n) is 7.29. The molecular formula is C14H22N2O4. The number of ether oxygens (including phenoxy) is 1. The van der Waals surface area contributed by atoms with E-state index in [0.717, 1.165) is 25.7 Å². The van der Waals surface area contributed by atoms with E-state index < -0.39 is 11.4 Å². The molecule has 0 saturated heterocycles. The summed E-state index contributed by atoms with van der Waals surface area (Å²) in [5.41, 5.74) is -0.744. The third-order valence-electron chi connectivity index (χ3n) is 3.95. The Morgan fingerprint density at radius 1 is 1.35 bits per heavy atom. The maximum absolute atomic E-state index is 11.7. The Morgan fingerprint density at radius 2 is 2.05 bits per heavy atom. The number of nitrogens with zero attached hydrogens (tertiary/aromatic N) is 2. The van der Waals surface area contributed by atoms with Crippen LogP contribution in [0.5, 0.6) is 0 Å². The first-order valence-corrected chi connectivity index (χ1v) is 7.29. The van der Waals surface area contributed by atoms with Crippen LogP contribution in [0.1, 0.15) is 57.2 Å². The predicted molar refractivity (Wildman–Crippen MR) is 71.1 cm³/mol. The highest BCUT2D eigenvalue weighted by Gasteiger charge is 2.40. The highest BCUT2D eigenvalue weighted by molar-refractivity contribution is 5.74. The third kappa shape index (κ3) is 3.56. The van der Waals surface area contributed by atoms with E-state index in [9.17, 15) is 9.90 Å². The summed E-state index contributed by atoms with van der Waals surface area (Å²) in [7, 11) is 0. The molecule has 6 heteroatoms. The van der Waals surface area contributed by atoms with Gasteiger partial charge in [0.1, 0.15) is 6.61 Å². The van der Waals surface area contributed by atoms with Gasteiger partial charge in [-0.2, -0.15) is 4.98 Å². The fraction of sp³-hybridized carbons (Fsp3) is 0.786. The molecule has 1 aliphatic rings. The zero-order chi connectivity index (χ0) is 14.4. The number of hydrogen-bond acceptors (Lipinski definition) is 5. The highest BCUT2D eigenvalue weighted by atomic mass is 16.5. The van der Waals surface area contributed by atoms with Gasteiger partial charge in [0.15, 0.2) is 5.82 Å². The molecule has 112 valence electrons. The summed E-state index contributed by atoms with van der Waals surface area (Å²) in [4.78, 5) is 15.9. The minimum Gasteiger partial charge on any atom is -0.481 e. The molecule has 0 bridgehead atoms. The van der Waals surface area contributed by atoms with Crippen molar-refractivity contribution in [2.24, 2.45) is 5.41 Å². The fourth-order valence-corrected chi connectivity index (χ4v) is 2.77. The van der Waals surface area contributed by atoms with E-state index >= 15 is 0 Å². The van der Waals surface area contributed by atoms with Crippen molar-refractivity contribution in [1.82, 2.24) is 10.1 Å². The summed E-state index contributed by atoms with van der Waals surface area (Å²) < 4.78 is 10.4. The van der Waals surface area contributed by atoms with Gasteiger partial charge in [0.25, 0.3) is 0 Å². The molecule has 1 N–H and O–H groups in total. The van der Waals surface area contributed by atoms with E-state index in [1.54, 1.807) is 0 Å². The van der Waals surface area contributed by atoms with Crippen molar-refractivity contribution in [2.75, 3.05) is 6.61 Å². The minimum atomic E-state index is -0.746. The van der Waals surface area contributed by atoms with Gasteiger partial charge in [-0.3, -0.25) is 4.79 Å². The van der Waals surface area contributed by atoms with E-state index in [0.29, 0.717) is 44.2 Å². The second kappa shape index (κ2) is 6.83. The summed E-state index contributed by atoms with van der Waals surface area (Å²) in [6, 6.07) is 0. The van der Waals surface area contributed by atoms with Gasteiger partial charge in [-0.1, -0.05) is 30.8 Å². The quantitative estimate of drug-likeness (QED) is 0.807. The standard InChI is InChI=1S/C14H22N2O4/c1-2-19-10-11-15-12(20-16-11)9-14(13(17)18)7-5-3-4-6-8-14/h2-10H2,1H3,(H,17,18). The molecule has 0 unspecified atom stereocenters. The van der Waals surface area contributed by atoms with Crippen LogP contribution in [0.25, 0.3) is 0 Å². The van der Waals surface area contributed by atoms with Gasteiger partial charge in [0.05, 0.1) is 5.41 Å². The number of carbonyl (C=O) groups is 1. The molecular weight excluding hydrogens is 260 g/mol. The molecule has 0 atom stereocenters. The molecule has 1 aromatic heterocycles. The number of aliphatic carboxylic acids is 1. The second-order valence-electron chi connectivity index (χ2n) is 5.42. The van der Waals surface area contributed by atoms with Crippen molar-refractivity contribution in [3.63, 3.8) is 0 Å². The van der Waals surface area contributed by atoms with Crippen molar-refractivity contribution >= 4 is 5.97 Å². The maximum atomic E-state index is 11.7. The minimum absolute atomic E-state index is 0.306. The third-order valence-corrected chi connectivity index (χ3v) is 3.95. The summed E-state index contributed by atoms with van der Waals surface area (Å²) in [5.74, 6) is 0.143. The topological polar surface area (TPSA) is 85.5 Å². The van der Waals surface area contributed by atoms with Gasteiger partial charge in [0.2, 0.25) is 5.89 Å². The van der Waals surface area contributed by atoms with Gasteiger partial charge in [-0.25, -0.2) is 0 Å². The number of hydrogen-bond donors (Lipinski definition) is 1. The van der Waals surface area contributed by atoms with E-state index in [2.05, 4.69) is 10.1 Å². The normalized spacial score (nSPS) is 18.6. The van der Waals surface area contributed by atoms with Gasteiger partial charge in [-0.05, 0) is 19.8 Å². The van der Waals surface area contributed by atoms with E-state index in [1.807, 2.05) is 6.92 Å². The number of carboxylic acids is 1. The molecule has 0 aliphatic heterocycles. The largest absolute Gasteiger partial charge is 0.481 e. The zero-order valence-corrected chi connectivity index (χ0v) is 11.9. The van der Waals surface area contributed by atoms with Crippen LogP contribution in [-0.2, 0) is 22.6 Å². The SMILES string of the molecule is CCOCc1noc(CC2(C(=O)O)CCCCCC2)n1. The smallest absolute Gasteiger partial charge is 0.310 e. The van der Waals surface area contributed by atoms with Gasteiger partial charge < -0.3 is 14.4 Å². The number of aromatic nitrogens is 2. The predicted octanol–water partition coefficient (Wildman–Crippen LogP) is 2.57. The molecule has 0 spiro atoms. The lowest BCUT2D eigenvalue weighted by atomic mass is 9.77. The first kappa shape index (κ1) is 15.0. The highest BCUT2D eigenvalue weighted by Crippen LogP contribution is 2.38. The van der Waals surface area contributed by atoms with Gasteiger partial charge in [0, 0.05) is 13.0 Å². The molecule has 0 amide bonds. The van der Waals surface area contributed by atoms with Crippen LogP contribution in [0.4, 0.5) is 0 Å². The molecule has 1 saturated carbocycles. The van der Waals surface area contributed by atoms with Crippen LogP contribution < -0.4 is 0 Å². The van der Waals surface area contributed by atoms with Crippen LogP contribution in [0, 0.1) is 5.41 Å². The Bertz CT molecular complexity index is 436. The summed E-state index contributed by atoms with van der Waals surface area (Å²) >= 11 is 0. The lowest BCUT2D eigenvalue weighted by Crippen LogP contribution is -2.33. The van der Waals surface area contributed by atoms with Gasteiger partial charge in [-0.15, -0.1) is 0 Å². The van der Waals surface area contributed by atoms with Crippen molar-refractivity contribution in [3.8, 4) is 0 Å². The number of carboxylic acid groups (broad SMARTS) is 1. The number of rotatable bonds is 6. The van der Waals surface area contributed by atoms with Crippen molar-refractivity contribution < 1.29 is 19.2 Å². The maximum Gasteiger partial charge on any atom is 0.310 e. The fourth-order valence-electron chi connectivity index (χ4n) is 2.77. The van der Waals surface area contributed by atoms with E-state index in [-0.39, 0.29) is 0 Å². The molecule has 1 aromatic rings. The summed E-state index contributed by atoms with van der Waals surface area (Å²) in [6.45, 7) is 2.79. The van der Waals surface area contributed by atoms with Crippen LogP contribution >= 0.6 is 0 Å². The monoisotopic (exact) mass is 282 g/mol. The lowest BCUT2D eigenvalue weighted by Gasteiger charge is -2.26. The molecule has 0 radical (unpaired) electrons. The average molecular weight is 282 g/mol. The van der Waals surface area contributed by atoms with Crippen LogP contribution in [-0.4, -0.2) is 27.8 Å². The summed E-state index contributed by atoms with van der Waals surface area (Å²) in [6.07, 6.45) is 5.81. The Balaban J connectivity index is 2.07. The lowest BCUT2D eigenvalue weighted by molar-refractivity contribution is -0.150. The molecule has 1 aliphatic carbocycles. The molecule has 0 aromatic carbocycles. The van der Waals surface area contributed by atoms with Crippen LogP contribution in [0.3, 0.4) is 0 Å². The second-order valence-corrected chi connectivity index (χ2v) is 5.42. The van der Waals surface area contributed by atoms with Crippen molar-refractivity contribution in [3.05, 3.63) is 11.7 Å². The van der Waals surface area contributed by atoms with E-state index in [1.165, 1.54) is 0 Å². The molecule has 20 heavy (non-hydrogen) atoms. The molecule has 6 nitrogen and oxygen atoms in total. The summed E-state index contributed by atoms with van der Waals surface area (Å²) in [5, 5.41) is 13.4. The average Bonchev–Trinajstić information content (AvgIpc) is 2.72. The first-order chi connectivity index (χ1) is 9.66. The molecule has 2 rings (SSSR count). The van der Waals surface area contributed by atoms with Crippen molar-refractivity contribution in [1.29, 1.82) is 0 Å². The Morgan fingerprint density at radius 3 is 2.65 bits per heavy atom. The Kier molecular flexibility index (Phi) is 5.11. The Labute approximate surface area is 118 Å². The molecule has 1 fully saturated rings. The van der Waals surface area contributed by atoms with Crippen LogP contribution in [0.15, 0.2) is 4.52 Å².